The van der Waals surface area contributed by atoms with Gasteiger partial charge in [-0.1, -0.05) is 30.3 Å². The monoisotopic (exact) mass is 279 g/mol. The average molecular weight is 279 g/mol. The molecule has 1 rings (SSSR count). The summed E-state index contributed by atoms with van der Waals surface area (Å²) in [6.45, 7) is 2.60. The zero-order valence-corrected chi connectivity index (χ0v) is 12.0. The normalized spacial score (nSPS) is 13.6. The van der Waals surface area contributed by atoms with Crippen molar-refractivity contribution in [3.63, 3.8) is 0 Å². The number of urea groups is 1. The van der Waals surface area contributed by atoms with Gasteiger partial charge in [-0.15, -0.1) is 0 Å². The molecule has 0 heterocycles. The molecule has 20 heavy (non-hydrogen) atoms. The van der Waals surface area contributed by atoms with Crippen molar-refractivity contribution in [1.29, 1.82) is 0 Å². The Balaban J connectivity index is 2.73. The largest absolute Gasteiger partial charge is 0.479 e. The molecule has 1 unspecified atom stereocenters. The predicted octanol–water partition coefficient (Wildman–Crippen LogP) is 0.847. The van der Waals surface area contributed by atoms with E-state index >= 15 is 0 Å². The number of carboxylic acid groups (broad SMARTS) is 1. The standard InChI is InChI=1S/C14H21N3O3/c1-14(12(18)19,11-7-5-4-6-8-11)16-13(20)15-9-10-17(2)3/h4-8H,9-10H2,1-3H3,(H,18,19)(H2,15,16,20). The first-order valence-corrected chi connectivity index (χ1v) is 6.36. The lowest BCUT2D eigenvalue weighted by Crippen LogP contribution is -2.53. The molecule has 0 aliphatic heterocycles. The summed E-state index contributed by atoms with van der Waals surface area (Å²) in [6.07, 6.45) is 0. The first kappa shape index (κ1) is 16.0. The van der Waals surface area contributed by atoms with Gasteiger partial charge in [0.05, 0.1) is 0 Å². The molecule has 1 aromatic carbocycles. The van der Waals surface area contributed by atoms with E-state index in [-0.39, 0.29) is 0 Å². The van der Waals surface area contributed by atoms with E-state index in [9.17, 15) is 14.7 Å². The first-order chi connectivity index (χ1) is 9.36. The molecule has 6 heteroatoms. The molecule has 0 fully saturated rings. The zero-order chi connectivity index (χ0) is 15.2. The summed E-state index contributed by atoms with van der Waals surface area (Å²) in [5.74, 6) is -1.11. The molecule has 1 aromatic rings. The minimum absolute atomic E-state index is 0.448. The summed E-state index contributed by atoms with van der Waals surface area (Å²) in [5.41, 5.74) is -0.932. The molecular formula is C14H21N3O3. The second kappa shape index (κ2) is 6.91. The van der Waals surface area contributed by atoms with E-state index < -0.39 is 17.5 Å². The third kappa shape index (κ3) is 4.24. The SMILES string of the molecule is CN(C)CCNC(=O)NC(C)(C(=O)O)c1ccccc1. The number of hydrogen-bond donors (Lipinski definition) is 3. The van der Waals surface area contributed by atoms with E-state index in [2.05, 4.69) is 10.6 Å². The van der Waals surface area contributed by atoms with Gasteiger partial charge in [0, 0.05) is 13.1 Å². The summed E-state index contributed by atoms with van der Waals surface area (Å²) in [4.78, 5) is 25.2. The topological polar surface area (TPSA) is 81.7 Å². The Bertz CT molecular complexity index is 462. The molecule has 0 saturated carbocycles. The van der Waals surface area contributed by atoms with Crippen molar-refractivity contribution in [1.82, 2.24) is 15.5 Å². The van der Waals surface area contributed by atoms with Gasteiger partial charge >= 0.3 is 12.0 Å². The van der Waals surface area contributed by atoms with Gasteiger partial charge in [0.25, 0.3) is 0 Å². The lowest BCUT2D eigenvalue weighted by Gasteiger charge is -2.27. The lowest BCUT2D eigenvalue weighted by atomic mass is 9.92. The molecule has 110 valence electrons. The van der Waals surface area contributed by atoms with Crippen LogP contribution in [0.1, 0.15) is 12.5 Å². The van der Waals surface area contributed by atoms with E-state index in [1.54, 1.807) is 30.3 Å². The number of carboxylic acids is 1. The molecular weight excluding hydrogens is 258 g/mol. The Morgan fingerprint density at radius 3 is 2.35 bits per heavy atom. The minimum Gasteiger partial charge on any atom is -0.479 e. The van der Waals surface area contributed by atoms with E-state index in [0.29, 0.717) is 18.7 Å². The van der Waals surface area contributed by atoms with Crippen LogP contribution in [0, 0.1) is 0 Å². The molecule has 6 nitrogen and oxygen atoms in total. The number of nitrogens with zero attached hydrogens (tertiary/aromatic N) is 1. The van der Waals surface area contributed by atoms with Crippen molar-refractivity contribution in [2.24, 2.45) is 0 Å². The quantitative estimate of drug-likeness (QED) is 0.721. The second-order valence-corrected chi connectivity index (χ2v) is 4.98. The van der Waals surface area contributed by atoms with Crippen molar-refractivity contribution in [3.8, 4) is 0 Å². The molecule has 0 aromatic heterocycles. The molecule has 3 N–H and O–H groups in total. The molecule has 0 spiro atoms. The maximum absolute atomic E-state index is 11.8. The highest BCUT2D eigenvalue weighted by Gasteiger charge is 2.36. The maximum Gasteiger partial charge on any atom is 0.333 e. The van der Waals surface area contributed by atoms with Crippen LogP contribution in [0.25, 0.3) is 0 Å². The predicted molar refractivity (Wildman–Crippen MR) is 76.5 cm³/mol. The molecule has 0 radical (unpaired) electrons. The van der Waals surface area contributed by atoms with Gasteiger partial charge in [0.15, 0.2) is 5.54 Å². The Kier molecular flexibility index (Phi) is 5.52. The van der Waals surface area contributed by atoms with E-state index in [4.69, 9.17) is 0 Å². The number of aliphatic carboxylic acids is 1. The lowest BCUT2D eigenvalue weighted by molar-refractivity contribution is -0.144. The van der Waals surface area contributed by atoms with Crippen molar-refractivity contribution in [2.75, 3.05) is 27.2 Å². The highest BCUT2D eigenvalue weighted by Crippen LogP contribution is 2.20. The summed E-state index contributed by atoms with van der Waals surface area (Å²) >= 11 is 0. The number of rotatable bonds is 6. The van der Waals surface area contributed by atoms with Crippen LogP contribution in [0.5, 0.6) is 0 Å². The smallest absolute Gasteiger partial charge is 0.333 e. The fourth-order valence-electron chi connectivity index (χ4n) is 1.68. The Morgan fingerprint density at radius 2 is 1.85 bits per heavy atom. The second-order valence-electron chi connectivity index (χ2n) is 4.98. The Morgan fingerprint density at radius 1 is 1.25 bits per heavy atom. The van der Waals surface area contributed by atoms with Crippen LogP contribution in [0.3, 0.4) is 0 Å². The van der Waals surface area contributed by atoms with Gasteiger partial charge < -0.3 is 20.6 Å². The number of likely N-dealkylation sites (N-methyl/N-ethyl adjacent to an activating group) is 1. The van der Waals surface area contributed by atoms with Crippen LogP contribution >= 0.6 is 0 Å². The third-order valence-electron chi connectivity index (χ3n) is 2.99. The van der Waals surface area contributed by atoms with Crippen molar-refractivity contribution in [3.05, 3.63) is 35.9 Å². The number of benzene rings is 1. The van der Waals surface area contributed by atoms with Gasteiger partial charge in [0.2, 0.25) is 0 Å². The van der Waals surface area contributed by atoms with Gasteiger partial charge in [0.1, 0.15) is 0 Å². The highest BCUT2D eigenvalue weighted by molar-refractivity contribution is 5.87. The Labute approximate surface area is 118 Å². The van der Waals surface area contributed by atoms with Crippen LogP contribution in [0.4, 0.5) is 4.79 Å². The van der Waals surface area contributed by atoms with Crippen LogP contribution < -0.4 is 10.6 Å². The summed E-state index contributed by atoms with van der Waals surface area (Å²) in [5, 5.41) is 14.6. The van der Waals surface area contributed by atoms with Crippen LogP contribution in [-0.4, -0.2) is 49.2 Å². The fraction of sp³-hybridized carbons (Fsp3) is 0.429. The van der Waals surface area contributed by atoms with E-state index in [1.165, 1.54) is 6.92 Å². The van der Waals surface area contributed by atoms with Crippen molar-refractivity contribution >= 4 is 12.0 Å². The molecule has 2 amide bonds. The summed E-state index contributed by atoms with van der Waals surface area (Å²) in [6, 6.07) is 8.12. The van der Waals surface area contributed by atoms with Gasteiger partial charge in [-0.2, -0.15) is 0 Å². The number of carbonyl (C=O) groups is 2. The van der Waals surface area contributed by atoms with Gasteiger partial charge in [-0.25, -0.2) is 9.59 Å². The minimum atomic E-state index is -1.45. The van der Waals surface area contributed by atoms with Crippen LogP contribution in [-0.2, 0) is 10.3 Å². The van der Waals surface area contributed by atoms with E-state index in [0.717, 1.165) is 0 Å². The third-order valence-corrected chi connectivity index (χ3v) is 2.99. The molecule has 0 aliphatic rings. The number of hydrogen-bond acceptors (Lipinski definition) is 3. The maximum atomic E-state index is 11.8. The van der Waals surface area contributed by atoms with Gasteiger partial charge in [-0.3, -0.25) is 0 Å². The number of carbonyl (C=O) groups excluding carboxylic acids is 1. The Hall–Kier alpha value is -2.08. The first-order valence-electron chi connectivity index (χ1n) is 6.36. The van der Waals surface area contributed by atoms with Crippen molar-refractivity contribution in [2.45, 2.75) is 12.5 Å². The average Bonchev–Trinajstić information content (AvgIpc) is 2.38. The van der Waals surface area contributed by atoms with Gasteiger partial charge in [-0.05, 0) is 26.6 Å². The van der Waals surface area contributed by atoms with Crippen LogP contribution in [0.15, 0.2) is 30.3 Å². The number of nitrogens with one attached hydrogen (secondary N) is 2. The summed E-state index contributed by atoms with van der Waals surface area (Å²) in [7, 11) is 3.79. The molecule has 1 atom stereocenters. The highest BCUT2D eigenvalue weighted by atomic mass is 16.4. The van der Waals surface area contributed by atoms with E-state index in [1.807, 2.05) is 19.0 Å². The zero-order valence-electron chi connectivity index (χ0n) is 12.0. The van der Waals surface area contributed by atoms with Crippen molar-refractivity contribution < 1.29 is 14.7 Å². The molecule has 0 aliphatic carbocycles. The number of amides is 2. The molecule has 0 bridgehead atoms. The van der Waals surface area contributed by atoms with Crippen LogP contribution in [0.2, 0.25) is 0 Å². The molecule has 0 saturated heterocycles. The summed E-state index contributed by atoms with van der Waals surface area (Å²) < 4.78 is 0. The fourth-order valence-corrected chi connectivity index (χ4v) is 1.68.